The van der Waals surface area contributed by atoms with Crippen LogP contribution in [-0.2, 0) is 11.3 Å². The van der Waals surface area contributed by atoms with Crippen molar-refractivity contribution in [3.8, 4) is 0 Å². The van der Waals surface area contributed by atoms with Gasteiger partial charge in [0.1, 0.15) is 0 Å². The van der Waals surface area contributed by atoms with E-state index in [-0.39, 0.29) is 17.2 Å². The van der Waals surface area contributed by atoms with Gasteiger partial charge in [-0.15, -0.1) is 0 Å². The summed E-state index contributed by atoms with van der Waals surface area (Å²) in [4.78, 5) is 33.3. The van der Waals surface area contributed by atoms with Crippen molar-refractivity contribution in [1.29, 1.82) is 0 Å². The predicted octanol–water partition coefficient (Wildman–Crippen LogP) is 2.35. The van der Waals surface area contributed by atoms with Crippen LogP contribution in [0.4, 0.5) is 0 Å². The molecule has 1 aliphatic carbocycles. The van der Waals surface area contributed by atoms with Crippen LogP contribution in [0, 0.1) is 0 Å². The number of thioether (sulfide) groups is 1. The zero-order chi connectivity index (χ0) is 16.9. The van der Waals surface area contributed by atoms with Crippen molar-refractivity contribution in [2.24, 2.45) is 0 Å². The van der Waals surface area contributed by atoms with Gasteiger partial charge in [-0.1, -0.05) is 31.0 Å². The van der Waals surface area contributed by atoms with E-state index in [9.17, 15) is 9.59 Å². The number of hydrogen-bond donors (Lipinski definition) is 1. The average molecular weight is 346 g/mol. The molecule has 0 bridgehead atoms. The third-order valence-electron chi connectivity index (χ3n) is 4.31. The highest BCUT2D eigenvalue weighted by molar-refractivity contribution is 7.99. The number of pyridine rings is 1. The van der Waals surface area contributed by atoms with Gasteiger partial charge in [0.15, 0.2) is 10.8 Å². The minimum absolute atomic E-state index is 0.00456. The lowest BCUT2D eigenvalue weighted by molar-refractivity contribution is -0.119. The lowest BCUT2D eigenvalue weighted by Crippen LogP contribution is -2.37. The van der Waals surface area contributed by atoms with Crippen LogP contribution < -0.4 is 10.9 Å². The van der Waals surface area contributed by atoms with Gasteiger partial charge in [0.25, 0.3) is 5.56 Å². The summed E-state index contributed by atoms with van der Waals surface area (Å²) in [6.07, 6.45) is 7.38. The van der Waals surface area contributed by atoms with E-state index < -0.39 is 0 Å². The molecular formula is C17H22N4O2S. The van der Waals surface area contributed by atoms with Crippen molar-refractivity contribution >= 4 is 28.7 Å². The summed E-state index contributed by atoms with van der Waals surface area (Å²) < 4.78 is 1.60. The predicted molar refractivity (Wildman–Crippen MR) is 95.2 cm³/mol. The Labute approximate surface area is 145 Å². The van der Waals surface area contributed by atoms with Crippen LogP contribution in [0.1, 0.15) is 39.0 Å². The smallest absolute Gasteiger partial charge is 0.263 e. The fourth-order valence-corrected chi connectivity index (χ4v) is 3.93. The Balaban J connectivity index is 1.72. The first kappa shape index (κ1) is 17.0. The van der Waals surface area contributed by atoms with E-state index in [1.54, 1.807) is 22.9 Å². The minimum atomic E-state index is -0.106. The molecule has 1 N–H and O–H groups in total. The lowest BCUT2D eigenvalue weighted by Gasteiger charge is -2.22. The van der Waals surface area contributed by atoms with Crippen LogP contribution in [0.3, 0.4) is 0 Å². The highest BCUT2D eigenvalue weighted by Gasteiger charge is 2.17. The number of aromatic nitrogens is 3. The Bertz CT molecular complexity index is 784. The Morgan fingerprint density at radius 1 is 1.38 bits per heavy atom. The molecule has 1 fully saturated rings. The molecule has 0 saturated heterocycles. The number of nitrogens with zero attached hydrogens (tertiary/aromatic N) is 3. The van der Waals surface area contributed by atoms with E-state index in [4.69, 9.17) is 0 Å². The van der Waals surface area contributed by atoms with Gasteiger partial charge in [-0.3, -0.25) is 14.2 Å². The third-order valence-corrected chi connectivity index (χ3v) is 5.29. The number of amides is 1. The molecule has 1 amide bonds. The molecule has 3 rings (SSSR count). The number of carbonyl (C=O) groups is 1. The normalized spacial score (nSPS) is 15.5. The van der Waals surface area contributed by atoms with Gasteiger partial charge in [-0.25, -0.2) is 9.97 Å². The number of hydrogen-bond acceptors (Lipinski definition) is 5. The van der Waals surface area contributed by atoms with Crippen LogP contribution >= 0.6 is 11.8 Å². The third kappa shape index (κ3) is 3.77. The lowest BCUT2D eigenvalue weighted by atomic mass is 9.95. The number of rotatable bonds is 5. The number of nitrogens with one attached hydrogen (secondary N) is 1. The fourth-order valence-electron chi connectivity index (χ4n) is 3.07. The summed E-state index contributed by atoms with van der Waals surface area (Å²) in [6.45, 7) is 2.42. The quantitative estimate of drug-likeness (QED) is 0.664. The molecule has 0 atom stereocenters. The Kier molecular flexibility index (Phi) is 5.50. The molecule has 1 saturated carbocycles. The minimum Gasteiger partial charge on any atom is -0.353 e. The second-order valence-corrected chi connectivity index (χ2v) is 6.95. The Morgan fingerprint density at radius 2 is 2.17 bits per heavy atom. The Hall–Kier alpha value is -1.89. The first-order valence-corrected chi connectivity index (χ1v) is 9.45. The van der Waals surface area contributed by atoms with Crippen molar-refractivity contribution in [3.05, 3.63) is 28.7 Å². The van der Waals surface area contributed by atoms with E-state index in [0.29, 0.717) is 28.8 Å². The first-order chi connectivity index (χ1) is 11.7. The van der Waals surface area contributed by atoms with Crippen molar-refractivity contribution < 1.29 is 4.79 Å². The largest absolute Gasteiger partial charge is 0.353 e. The maximum atomic E-state index is 12.5. The van der Waals surface area contributed by atoms with Crippen LogP contribution in [0.15, 0.2) is 28.3 Å². The molecule has 7 heteroatoms. The van der Waals surface area contributed by atoms with Gasteiger partial charge in [0, 0.05) is 18.8 Å². The summed E-state index contributed by atoms with van der Waals surface area (Å²) in [5.74, 6) is 0.270. The molecule has 0 aromatic carbocycles. The van der Waals surface area contributed by atoms with Crippen LogP contribution in [0.25, 0.3) is 11.0 Å². The summed E-state index contributed by atoms with van der Waals surface area (Å²) in [5, 5.41) is 4.15. The molecular weight excluding hydrogens is 324 g/mol. The van der Waals surface area contributed by atoms with E-state index >= 15 is 0 Å². The van der Waals surface area contributed by atoms with E-state index in [1.807, 2.05) is 6.92 Å². The maximum Gasteiger partial charge on any atom is 0.263 e. The molecule has 2 heterocycles. The molecule has 0 aliphatic heterocycles. The van der Waals surface area contributed by atoms with E-state index in [1.165, 1.54) is 31.0 Å². The highest BCUT2D eigenvalue weighted by atomic mass is 32.2. The number of carbonyl (C=O) groups excluding carboxylic acids is 1. The molecule has 1 aliphatic rings. The van der Waals surface area contributed by atoms with Gasteiger partial charge in [-0.05, 0) is 31.9 Å². The van der Waals surface area contributed by atoms with Crippen LogP contribution in [0.5, 0.6) is 0 Å². The second kappa shape index (κ2) is 7.79. The molecule has 0 spiro atoms. The van der Waals surface area contributed by atoms with Crippen molar-refractivity contribution in [3.63, 3.8) is 0 Å². The van der Waals surface area contributed by atoms with Crippen molar-refractivity contribution in [2.75, 3.05) is 5.75 Å². The summed E-state index contributed by atoms with van der Waals surface area (Å²) in [5.41, 5.74) is 0.327. The molecule has 24 heavy (non-hydrogen) atoms. The van der Waals surface area contributed by atoms with Gasteiger partial charge in [-0.2, -0.15) is 0 Å². The maximum absolute atomic E-state index is 12.5. The summed E-state index contributed by atoms with van der Waals surface area (Å²) in [7, 11) is 0. The molecule has 6 nitrogen and oxygen atoms in total. The van der Waals surface area contributed by atoms with E-state index in [2.05, 4.69) is 15.3 Å². The zero-order valence-electron chi connectivity index (χ0n) is 13.8. The summed E-state index contributed by atoms with van der Waals surface area (Å²) >= 11 is 1.30. The second-order valence-electron chi connectivity index (χ2n) is 6.01. The Morgan fingerprint density at radius 3 is 2.92 bits per heavy atom. The van der Waals surface area contributed by atoms with Crippen molar-refractivity contribution in [1.82, 2.24) is 19.9 Å². The van der Waals surface area contributed by atoms with Crippen LogP contribution in [-0.4, -0.2) is 32.2 Å². The molecule has 0 unspecified atom stereocenters. The monoisotopic (exact) mass is 346 g/mol. The molecule has 128 valence electrons. The zero-order valence-corrected chi connectivity index (χ0v) is 14.6. The number of fused-ring (bicyclic) bond motifs is 1. The molecule has 0 radical (unpaired) electrons. The van der Waals surface area contributed by atoms with Gasteiger partial charge < -0.3 is 5.32 Å². The standard InChI is InChI=1S/C17H22N4O2S/c1-2-21-16(23)13-9-6-10-18-15(13)20-17(21)24-11-14(22)19-12-7-4-3-5-8-12/h6,9-10,12H,2-5,7-8,11H2,1H3,(H,19,22). The van der Waals surface area contributed by atoms with E-state index in [0.717, 1.165) is 12.8 Å². The van der Waals surface area contributed by atoms with Gasteiger partial charge in [0.2, 0.25) is 5.91 Å². The summed E-state index contributed by atoms with van der Waals surface area (Å²) in [6, 6.07) is 3.76. The van der Waals surface area contributed by atoms with Gasteiger partial charge >= 0.3 is 0 Å². The van der Waals surface area contributed by atoms with Crippen molar-refractivity contribution in [2.45, 2.75) is 56.8 Å². The first-order valence-electron chi connectivity index (χ1n) is 8.46. The van der Waals surface area contributed by atoms with Crippen LogP contribution in [0.2, 0.25) is 0 Å². The fraction of sp³-hybridized carbons (Fsp3) is 0.529. The topological polar surface area (TPSA) is 76.9 Å². The van der Waals surface area contributed by atoms with Gasteiger partial charge in [0.05, 0.1) is 11.1 Å². The average Bonchev–Trinajstić information content (AvgIpc) is 2.61. The molecule has 2 aromatic heterocycles. The highest BCUT2D eigenvalue weighted by Crippen LogP contribution is 2.19. The molecule has 2 aromatic rings. The SMILES string of the molecule is CCn1c(SCC(=O)NC2CCCCC2)nc2ncccc2c1=O.